The summed E-state index contributed by atoms with van der Waals surface area (Å²) in [5.74, 6) is 3.18. The van der Waals surface area contributed by atoms with Gasteiger partial charge in [-0.3, -0.25) is 4.79 Å². The number of aliphatic hydroxyl groups is 2. The molecule has 0 bridgehead atoms. The zero-order chi connectivity index (χ0) is 23.2. The Morgan fingerprint density at radius 1 is 1.27 bits per heavy atom. The molecule has 1 aromatic carbocycles. The molecular formula is C28H39NO3S. The Labute approximate surface area is 203 Å². The number of fused-ring (bicyclic) bond motifs is 1. The molecule has 33 heavy (non-hydrogen) atoms. The van der Waals surface area contributed by atoms with Crippen molar-refractivity contribution in [3.8, 4) is 0 Å². The van der Waals surface area contributed by atoms with E-state index >= 15 is 0 Å². The average Bonchev–Trinajstić information content (AvgIpc) is 3.32. The molecule has 1 amide bonds. The lowest BCUT2D eigenvalue weighted by Crippen LogP contribution is -2.35. The number of rotatable bonds is 9. The fourth-order valence-corrected chi connectivity index (χ4v) is 6.72. The fraction of sp³-hybridized carbons (Fsp3) is 0.607. The van der Waals surface area contributed by atoms with E-state index in [2.05, 4.69) is 37.3 Å². The summed E-state index contributed by atoms with van der Waals surface area (Å²) in [7, 11) is 0. The fourth-order valence-electron chi connectivity index (χ4n) is 5.78. The molecule has 1 aromatic rings. The van der Waals surface area contributed by atoms with Gasteiger partial charge in [0.25, 0.3) is 0 Å². The normalized spacial score (nSPS) is 28.2. The van der Waals surface area contributed by atoms with Gasteiger partial charge in [-0.25, -0.2) is 0 Å². The smallest absolute Gasteiger partial charge is 0.223 e. The average molecular weight is 470 g/mol. The van der Waals surface area contributed by atoms with Gasteiger partial charge in [-0.1, -0.05) is 53.6 Å². The van der Waals surface area contributed by atoms with Gasteiger partial charge in [0.15, 0.2) is 0 Å². The Hall–Kier alpha value is -1.56. The first-order chi connectivity index (χ1) is 16.0. The van der Waals surface area contributed by atoms with Crippen molar-refractivity contribution in [2.75, 3.05) is 24.6 Å². The van der Waals surface area contributed by atoms with Crippen LogP contribution in [0, 0.1) is 24.7 Å². The van der Waals surface area contributed by atoms with Crippen molar-refractivity contribution < 1.29 is 15.0 Å². The lowest BCUT2D eigenvalue weighted by Gasteiger charge is -2.26. The van der Waals surface area contributed by atoms with Crippen molar-refractivity contribution in [1.29, 1.82) is 0 Å². The molecule has 2 N–H and O–H groups in total. The Morgan fingerprint density at radius 2 is 2.09 bits per heavy atom. The Kier molecular flexibility index (Phi) is 8.72. The van der Waals surface area contributed by atoms with Gasteiger partial charge in [0, 0.05) is 43.4 Å². The Bertz CT molecular complexity index is 860. The van der Waals surface area contributed by atoms with Crippen LogP contribution < -0.4 is 0 Å². The second kappa shape index (κ2) is 11.7. The molecule has 5 atom stereocenters. The number of benzene rings is 1. The number of allylic oxidation sites excluding steroid dienone is 1. The van der Waals surface area contributed by atoms with Crippen LogP contribution in [0.2, 0.25) is 0 Å². The SMILES string of the molecule is Cc1cccc(C[C@@H](O)C=C[C@@H]2[C@H]3CC(CSCCC(=O)N4CCCCC4)=C[C@H]3C[C@H]2O)c1. The van der Waals surface area contributed by atoms with Gasteiger partial charge in [-0.15, -0.1) is 0 Å². The van der Waals surface area contributed by atoms with E-state index in [1.165, 1.54) is 17.6 Å². The minimum atomic E-state index is -0.528. The zero-order valence-corrected chi connectivity index (χ0v) is 20.7. The summed E-state index contributed by atoms with van der Waals surface area (Å²) in [4.78, 5) is 14.4. The molecule has 0 radical (unpaired) electrons. The molecule has 5 heteroatoms. The first-order valence-corrected chi connectivity index (χ1v) is 13.8. The summed E-state index contributed by atoms with van der Waals surface area (Å²) >= 11 is 1.87. The summed E-state index contributed by atoms with van der Waals surface area (Å²) in [5, 5.41) is 21.1. The predicted octanol–water partition coefficient (Wildman–Crippen LogP) is 4.53. The number of carbonyl (C=O) groups is 1. The lowest BCUT2D eigenvalue weighted by atomic mass is 9.89. The molecule has 1 aliphatic heterocycles. The highest BCUT2D eigenvalue weighted by Gasteiger charge is 2.43. The van der Waals surface area contributed by atoms with Crippen molar-refractivity contribution >= 4 is 17.7 Å². The molecule has 1 saturated carbocycles. The molecule has 2 fully saturated rings. The third kappa shape index (κ3) is 6.74. The van der Waals surface area contributed by atoms with E-state index in [1.807, 2.05) is 28.8 Å². The summed E-state index contributed by atoms with van der Waals surface area (Å²) in [6.07, 6.45) is 12.1. The molecule has 1 saturated heterocycles. The highest BCUT2D eigenvalue weighted by Crippen LogP contribution is 2.47. The number of nitrogens with zero attached hydrogens (tertiary/aromatic N) is 1. The van der Waals surface area contributed by atoms with Crippen LogP contribution in [0.3, 0.4) is 0 Å². The minimum absolute atomic E-state index is 0.113. The van der Waals surface area contributed by atoms with Crippen LogP contribution in [-0.4, -0.2) is 57.8 Å². The van der Waals surface area contributed by atoms with Crippen molar-refractivity contribution in [3.05, 3.63) is 59.2 Å². The topological polar surface area (TPSA) is 60.8 Å². The van der Waals surface area contributed by atoms with Crippen LogP contribution in [0.5, 0.6) is 0 Å². The number of hydrogen-bond donors (Lipinski definition) is 2. The Morgan fingerprint density at radius 3 is 2.88 bits per heavy atom. The monoisotopic (exact) mass is 469 g/mol. The van der Waals surface area contributed by atoms with Gasteiger partial charge in [0.05, 0.1) is 12.2 Å². The van der Waals surface area contributed by atoms with Gasteiger partial charge >= 0.3 is 0 Å². The standard InChI is InChI=1S/C28H39NO3S/c1-20-6-5-7-21(14-20)16-24(30)8-9-25-26-17-22(15-23(26)18-27(25)31)19-33-13-10-28(32)29-11-3-2-4-12-29/h5-9,14-15,23-27,30-31H,2-4,10-13,16-19H2,1H3/t23-,24-,25+,26-,27+/m0/s1. The van der Waals surface area contributed by atoms with Crippen LogP contribution in [0.4, 0.5) is 0 Å². The van der Waals surface area contributed by atoms with Crippen molar-refractivity contribution in [3.63, 3.8) is 0 Å². The van der Waals surface area contributed by atoms with Gasteiger partial charge < -0.3 is 15.1 Å². The molecule has 4 rings (SSSR count). The highest BCUT2D eigenvalue weighted by atomic mass is 32.2. The highest BCUT2D eigenvalue weighted by molar-refractivity contribution is 7.99. The van der Waals surface area contributed by atoms with Gasteiger partial charge in [-0.05, 0) is 56.4 Å². The van der Waals surface area contributed by atoms with Gasteiger partial charge in [0.1, 0.15) is 0 Å². The number of amides is 1. The zero-order valence-electron chi connectivity index (χ0n) is 19.9. The van der Waals surface area contributed by atoms with Crippen LogP contribution >= 0.6 is 11.8 Å². The molecule has 3 aliphatic rings. The summed E-state index contributed by atoms with van der Waals surface area (Å²) in [5.41, 5.74) is 3.81. The summed E-state index contributed by atoms with van der Waals surface area (Å²) in [6, 6.07) is 8.26. The summed E-state index contributed by atoms with van der Waals surface area (Å²) < 4.78 is 0. The van der Waals surface area contributed by atoms with E-state index in [0.29, 0.717) is 30.6 Å². The number of thioether (sulfide) groups is 1. The number of aliphatic hydroxyl groups excluding tert-OH is 2. The molecule has 1 heterocycles. The number of likely N-dealkylation sites (tertiary alicyclic amines) is 1. The molecule has 2 aliphatic carbocycles. The second-order valence-electron chi connectivity index (χ2n) is 10.1. The van der Waals surface area contributed by atoms with Gasteiger partial charge in [0.2, 0.25) is 5.91 Å². The maximum atomic E-state index is 12.3. The summed E-state index contributed by atoms with van der Waals surface area (Å²) in [6.45, 7) is 3.94. The van der Waals surface area contributed by atoms with Crippen molar-refractivity contribution in [2.45, 2.75) is 64.1 Å². The third-order valence-electron chi connectivity index (χ3n) is 7.49. The van der Waals surface area contributed by atoms with Gasteiger partial charge in [-0.2, -0.15) is 11.8 Å². The first kappa shape index (κ1) is 24.6. The first-order valence-electron chi connectivity index (χ1n) is 12.6. The van der Waals surface area contributed by atoms with E-state index in [1.54, 1.807) is 0 Å². The van der Waals surface area contributed by atoms with Crippen LogP contribution in [-0.2, 0) is 11.2 Å². The van der Waals surface area contributed by atoms with E-state index in [9.17, 15) is 15.0 Å². The molecule has 0 unspecified atom stereocenters. The second-order valence-corrected chi connectivity index (χ2v) is 11.2. The third-order valence-corrected chi connectivity index (χ3v) is 8.56. The molecule has 180 valence electrons. The number of aryl methyl sites for hydroxylation is 1. The molecule has 0 spiro atoms. The quantitative estimate of drug-likeness (QED) is 0.412. The van der Waals surface area contributed by atoms with Crippen molar-refractivity contribution in [2.24, 2.45) is 17.8 Å². The Balaban J connectivity index is 1.21. The van der Waals surface area contributed by atoms with E-state index in [-0.39, 0.29) is 12.0 Å². The van der Waals surface area contributed by atoms with Crippen LogP contribution in [0.15, 0.2) is 48.1 Å². The predicted molar refractivity (Wildman–Crippen MR) is 136 cm³/mol. The maximum Gasteiger partial charge on any atom is 0.223 e. The van der Waals surface area contributed by atoms with Crippen LogP contribution in [0.25, 0.3) is 0 Å². The largest absolute Gasteiger partial charge is 0.392 e. The van der Waals surface area contributed by atoms with E-state index in [4.69, 9.17) is 0 Å². The molecule has 0 aromatic heterocycles. The van der Waals surface area contributed by atoms with Crippen LogP contribution in [0.1, 0.15) is 49.7 Å². The maximum absolute atomic E-state index is 12.3. The van der Waals surface area contributed by atoms with Crippen molar-refractivity contribution in [1.82, 2.24) is 4.90 Å². The van der Waals surface area contributed by atoms with E-state index < -0.39 is 6.10 Å². The minimum Gasteiger partial charge on any atom is -0.392 e. The lowest BCUT2D eigenvalue weighted by molar-refractivity contribution is -0.131. The molecular weight excluding hydrogens is 430 g/mol. The number of piperidine rings is 1. The molecule has 4 nitrogen and oxygen atoms in total. The van der Waals surface area contributed by atoms with E-state index in [0.717, 1.165) is 55.8 Å². The number of carbonyl (C=O) groups excluding carboxylic acids is 1. The number of hydrogen-bond acceptors (Lipinski definition) is 4.